The van der Waals surface area contributed by atoms with Gasteiger partial charge in [-0.15, -0.1) is 11.3 Å². The molecule has 2 N–H and O–H groups in total. The summed E-state index contributed by atoms with van der Waals surface area (Å²) in [5.74, 6) is -1.14. The Balaban J connectivity index is 2.63. The van der Waals surface area contributed by atoms with Crippen LogP contribution in [0.3, 0.4) is 0 Å². The van der Waals surface area contributed by atoms with Gasteiger partial charge in [0.2, 0.25) is 0 Å². The number of aliphatic carboxylic acids is 1. The Morgan fingerprint density at radius 1 is 1.35 bits per heavy atom. The molecule has 0 radical (unpaired) electrons. The van der Waals surface area contributed by atoms with Crippen LogP contribution < -0.4 is 0 Å². The number of nitrogens with zero attached hydrogens (tertiary/aromatic N) is 1. The molecule has 1 amide bonds. The van der Waals surface area contributed by atoms with E-state index in [-0.39, 0.29) is 12.5 Å². The predicted octanol–water partition coefficient (Wildman–Crippen LogP) is 2.08. The Kier molecular flexibility index (Phi) is 6.97. The lowest BCUT2D eigenvalue weighted by atomic mass is 10.2. The maximum atomic E-state index is 12.2. The fourth-order valence-electron chi connectivity index (χ4n) is 1.70. The molecule has 6 heteroatoms. The van der Waals surface area contributed by atoms with Crippen LogP contribution in [0.15, 0.2) is 17.5 Å². The molecule has 0 unspecified atom stereocenters. The molecule has 1 rings (SSSR count). The standard InChI is InChI=1S/C14H19NO4S/c1-15(8-3-2-4-9-16)14(19)13-11(7-10-20-13)5-6-12(17)18/h5-7,10,16H,2-4,8-9H2,1H3,(H,17,18)/b6-5+. The van der Waals surface area contributed by atoms with Crippen LogP contribution in [0, 0.1) is 0 Å². The third-order valence-electron chi connectivity index (χ3n) is 2.79. The van der Waals surface area contributed by atoms with Gasteiger partial charge >= 0.3 is 5.97 Å². The second-order valence-corrected chi connectivity index (χ2v) is 5.30. The first-order chi connectivity index (χ1) is 9.56. The molecular weight excluding hydrogens is 278 g/mol. The molecule has 1 aromatic heterocycles. The zero-order chi connectivity index (χ0) is 15.0. The van der Waals surface area contributed by atoms with Crippen molar-refractivity contribution in [1.29, 1.82) is 0 Å². The average molecular weight is 297 g/mol. The molecule has 0 fully saturated rings. The quantitative estimate of drug-likeness (QED) is 0.569. The van der Waals surface area contributed by atoms with Gasteiger partial charge in [-0.05, 0) is 42.3 Å². The fourth-order valence-corrected chi connectivity index (χ4v) is 2.58. The van der Waals surface area contributed by atoms with Gasteiger partial charge in [-0.25, -0.2) is 4.79 Å². The molecule has 0 bridgehead atoms. The minimum atomic E-state index is -1.04. The molecular formula is C14H19NO4S. The SMILES string of the molecule is CN(CCCCCO)C(=O)c1sccc1/C=C/C(=O)O. The van der Waals surface area contributed by atoms with E-state index in [0.29, 0.717) is 17.0 Å². The van der Waals surface area contributed by atoms with Crippen LogP contribution >= 0.6 is 11.3 Å². The van der Waals surface area contributed by atoms with Gasteiger partial charge in [-0.2, -0.15) is 0 Å². The van der Waals surface area contributed by atoms with E-state index in [2.05, 4.69) is 0 Å². The second kappa shape index (κ2) is 8.50. The molecule has 0 saturated carbocycles. The van der Waals surface area contributed by atoms with Gasteiger partial charge in [0.1, 0.15) is 0 Å². The monoisotopic (exact) mass is 297 g/mol. The Morgan fingerprint density at radius 3 is 2.75 bits per heavy atom. The molecule has 0 aliphatic heterocycles. The van der Waals surface area contributed by atoms with E-state index in [1.165, 1.54) is 17.4 Å². The summed E-state index contributed by atoms with van der Waals surface area (Å²) < 4.78 is 0. The summed E-state index contributed by atoms with van der Waals surface area (Å²) >= 11 is 1.31. The van der Waals surface area contributed by atoms with Crippen molar-refractivity contribution in [3.63, 3.8) is 0 Å². The van der Waals surface area contributed by atoms with E-state index >= 15 is 0 Å². The summed E-state index contributed by atoms with van der Waals surface area (Å²) in [6.07, 6.45) is 4.93. The van der Waals surface area contributed by atoms with E-state index in [1.54, 1.807) is 23.4 Å². The molecule has 20 heavy (non-hydrogen) atoms. The average Bonchev–Trinajstić information content (AvgIpc) is 2.88. The highest BCUT2D eigenvalue weighted by atomic mass is 32.1. The zero-order valence-electron chi connectivity index (χ0n) is 11.4. The summed E-state index contributed by atoms with van der Waals surface area (Å²) in [6.45, 7) is 0.797. The Morgan fingerprint density at radius 2 is 2.10 bits per heavy atom. The maximum absolute atomic E-state index is 12.2. The van der Waals surface area contributed by atoms with E-state index in [9.17, 15) is 9.59 Å². The van der Waals surface area contributed by atoms with Crippen molar-refractivity contribution >= 4 is 29.3 Å². The number of aliphatic hydroxyl groups is 1. The predicted molar refractivity (Wildman–Crippen MR) is 78.9 cm³/mol. The number of amides is 1. The number of rotatable bonds is 8. The number of carboxylic acids is 1. The molecule has 0 aliphatic carbocycles. The van der Waals surface area contributed by atoms with Crippen molar-refractivity contribution < 1.29 is 19.8 Å². The first-order valence-corrected chi connectivity index (χ1v) is 7.29. The smallest absolute Gasteiger partial charge is 0.328 e. The third-order valence-corrected chi connectivity index (χ3v) is 3.71. The minimum absolute atomic E-state index is 0.103. The molecule has 5 nitrogen and oxygen atoms in total. The second-order valence-electron chi connectivity index (χ2n) is 4.39. The number of unbranched alkanes of at least 4 members (excludes halogenated alkanes) is 2. The molecule has 110 valence electrons. The summed E-state index contributed by atoms with van der Waals surface area (Å²) in [4.78, 5) is 24.9. The highest BCUT2D eigenvalue weighted by Crippen LogP contribution is 2.20. The highest BCUT2D eigenvalue weighted by Gasteiger charge is 2.15. The van der Waals surface area contributed by atoms with Gasteiger partial charge in [0.25, 0.3) is 5.91 Å². The molecule has 1 heterocycles. The van der Waals surface area contributed by atoms with Crippen molar-refractivity contribution in [1.82, 2.24) is 4.90 Å². The number of aliphatic hydroxyl groups excluding tert-OH is 1. The number of carbonyl (C=O) groups excluding carboxylic acids is 1. The Labute approximate surface area is 122 Å². The summed E-state index contributed by atoms with van der Waals surface area (Å²) in [7, 11) is 1.73. The number of carbonyl (C=O) groups is 2. The fraction of sp³-hybridized carbons (Fsp3) is 0.429. The van der Waals surface area contributed by atoms with E-state index < -0.39 is 5.97 Å². The number of carboxylic acid groups (broad SMARTS) is 1. The molecule has 0 saturated heterocycles. The number of hydrogen-bond acceptors (Lipinski definition) is 4. The molecule has 0 aromatic carbocycles. The number of hydrogen-bond donors (Lipinski definition) is 2. The van der Waals surface area contributed by atoms with Crippen LogP contribution in [0.1, 0.15) is 34.5 Å². The van der Waals surface area contributed by atoms with E-state index in [4.69, 9.17) is 10.2 Å². The van der Waals surface area contributed by atoms with Gasteiger partial charge in [-0.3, -0.25) is 4.79 Å². The van der Waals surface area contributed by atoms with E-state index in [0.717, 1.165) is 25.3 Å². The summed E-state index contributed by atoms with van der Waals surface area (Å²) in [5, 5.41) is 19.1. The van der Waals surface area contributed by atoms with Crippen LogP contribution in [-0.4, -0.2) is 47.2 Å². The first kappa shape index (κ1) is 16.4. The van der Waals surface area contributed by atoms with Crippen molar-refractivity contribution in [3.8, 4) is 0 Å². The summed E-state index contributed by atoms with van der Waals surface area (Å²) in [5.41, 5.74) is 0.629. The molecule has 1 aromatic rings. The van der Waals surface area contributed by atoms with Crippen molar-refractivity contribution in [2.75, 3.05) is 20.2 Å². The molecule has 0 aliphatic rings. The lowest BCUT2D eigenvalue weighted by molar-refractivity contribution is -0.131. The summed E-state index contributed by atoms with van der Waals surface area (Å²) in [6, 6.07) is 1.73. The lowest BCUT2D eigenvalue weighted by Gasteiger charge is -2.16. The Bertz CT molecular complexity index is 481. The first-order valence-electron chi connectivity index (χ1n) is 6.41. The number of thiophene rings is 1. The van der Waals surface area contributed by atoms with Gasteiger partial charge in [0, 0.05) is 26.3 Å². The largest absolute Gasteiger partial charge is 0.478 e. The van der Waals surface area contributed by atoms with Gasteiger partial charge < -0.3 is 15.1 Å². The van der Waals surface area contributed by atoms with Gasteiger partial charge in [0.15, 0.2) is 0 Å². The molecule has 0 atom stereocenters. The van der Waals surface area contributed by atoms with Crippen LogP contribution in [0.25, 0.3) is 6.08 Å². The Hall–Kier alpha value is -1.66. The maximum Gasteiger partial charge on any atom is 0.328 e. The van der Waals surface area contributed by atoms with Crippen molar-refractivity contribution in [2.24, 2.45) is 0 Å². The lowest BCUT2D eigenvalue weighted by Crippen LogP contribution is -2.27. The van der Waals surface area contributed by atoms with Gasteiger partial charge in [-0.1, -0.05) is 0 Å². The zero-order valence-corrected chi connectivity index (χ0v) is 12.2. The normalized spacial score (nSPS) is 10.9. The minimum Gasteiger partial charge on any atom is -0.478 e. The van der Waals surface area contributed by atoms with E-state index in [1.807, 2.05) is 0 Å². The third kappa shape index (κ3) is 5.14. The van der Waals surface area contributed by atoms with Crippen LogP contribution in [0.2, 0.25) is 0 Å². The van der Waals surface area contributed by atoms with Crippen LogP contribution in [-0.2, 0) is 4.79 Å². The van der Waals surface area contributed by atoms with Crippen molar-refractivity contribution in [3.05, 3.63) is 28.0 Å². The van der Waals surface area contributed by atoms with Crippen LogP contribution in [0.4, 0.5) is 0 Å². The van der Waals surface area contributed by atoms with Crippen molar-refractivity contribution in [2.45, 2.75) is 19.3 Å². The molecule has 0 spiro atoms. The van der Waals surface area contributed by atoms with Gasteiger partial charge in [0.05, 0.1) is 4.88 Å². The highest BCUT2D eigenvalue weighted by molar-refractivity contribution is 7.12. The topological polar surface area (TPSA) is 77.8 Å². The van der Waals surface area contributed by atoms with Crippen LogP contribution in [0.5, 0.6) is 0 Å².